The van der Waals surface area contributed by atoms with E-state index in [1.54, 1.807) is 0 Å². The molecule has 0 fully saturated rings. The van der Waals surface area contributed by atoms with E-state index in [4.69, 9.17) is 0 Å². The maximum Gasteiger partial charge on any atom is 0.319 e. The topological polar surface area (TPSA) is 82.3 Å². The first-order valence-electron chi connectivity index (χ1n) is 9.21. The van der Waals surface area contributed by atoms with Crippen molar-refractivity contribution in [3.63, 3.8) is 0 Å². The van der Waals surface area contributed by atoms with Crippen molar-refractivity contribution in [2.75, 3.05) is 17.2 Å². The fourth-order valence-corrected chi connectivity index (χ4v) is 2.86. The van der Waals surface area contributed by atoms with E-state index in [1.165, 1.54) is 6.92 Å². The standard InChI is InChI=1S/C21H26F2N4O2/c1-13(15-8-6-5-7-9-15)27-21(3,4)12-24-20(29)26-19-11-18(25-14(2)28)16(22)10-17(19)23/h5-11,13,27H,12H2,1-4H3,(H,25,28)(H2,24,26,29). The number of nitrogens with one attached hydrogen (secondary N) is 4. The first kappa shape index (κ1) is 22.3. The van der Waals surface area contributed by atoms with Crippen LogP contribution < -0.4 is 21.3 Å². The number of hydrogen-bond donors (Lipinski definition) is 4. The highest BCUT2D eigenvalue weighted by molar-refractivity contribution is 5.92. The summed E-state index contributed by atoms with van der Waals surface area (Å²) in [6.45, 7) is 7.35. The van der Waals surface area contributed by atoms with E-state index in [-0.39, 0.29) is 24.0 Å². The van der Waals surface area contributed by atoms with Crippen LogP contribution in [0.2, 0.25) is 0 Å². The molecule has 0 heterocycles. The van der Waals surface area contributed by atoms with Gasteiger partial charge >= 0.3 is 6.03 Å². The zero-order valence-corrected chi connectivity index (χ0v) is 16.9. The van der Waals surface area contributed by atoms with E-state index in [0.717, 1.165) is 11.6 Å². The first-order chi connectivity index (χ1) is 13.6. The number of carbonyl (C=O) groups excluding carboxylic acids is 2. The monoisotopic (exact) mass is 404 g/mol. The SMILES string of the molecule is CC(=O)Nc1cc(NC(=O)NCC(C)(C)NC(C)c2ccccc2)c(F)cc1F. The van der Waals surface area contributed by atoms with Gasteiger partial charge in [0, 0.05) is 31.1 Å². The summed E-state index contributed by atoms with van der Waals surface area (Å²) < 4.78 is 27.7. The lowest BCUT2D eigenvalue weighted by Crippen LogP contribution is -2.50. The van der Waals surface area contributed by atoms with Crippen molar-refractivity contribution in [1.82, 2.24) is 10.6 Å². The van der Waals surface area contributed by atoms with Gasteiger partial charge in [0.05, 0.1) is 11.4 Å². The molecule has 0 aliphatic heterocycles. The van der Waals surface area contributed by atoms with Crippen LogP contribution in [-0.2, 0) is 4.79 Å². The van der Waals surface area contributed by atoms with Crippen molar-refractivity contribution in [3.05, 3.63) is 59.7 Å². The predicted octanol–water partition coefficient (Wildman–Crippen LogP) is 4.17. The maximum absolute atomic E-state index is 14.0. The van der Waals surface area contributed by atoms with E-state index >= 15 is 0 Å². The maximum atomic E-state index is 14.0. The second-order valence-electron chi connectivity index (χ2n) is 7.46. The summed E-state index contributed by atoms with van der Waals surface area (Å²) >= 11 is 0. The Labute approximate surface area is 169 Å². The number of benzene rings is 2. The zero-order chi connectivity index (χ0) is 21.6. The molecule has 1 unspecified atom stereocenters. The van der Waals surface area contributed by atoms with Crippen molar-refractivity contribution in [2.24, 2.45) is 0 Å². The van der Waals surface area contributed by atoms with Gasteiger partial charge in [-0.15, -0.1) is 0 Å². The second-order valence-corrected chi connectivity index (χ2v) is 7.46. The van der Waals surface area contributed by atoms with Crippen LogP contribution in [0.25, 0.3) is 0 Å². The third kappa shape index (κ3) is 6.83. The average molecular weight is 404 g/mol. The van der Waals surface area contributed by atoms with Crippen molar-refractivity contribution in [2.45, 2.75) is 39.3 Å². The Hall–Kier alpha value is -3.00. The van der Waals surface area contributed by atoms with E-state index < -0.39 is 29.1 Å². The molecule has 2 aromatic carbocycles. The second kappa shape index (κ2) is 9.47. The third-order valence-corrected chi connectivity index (χ3v) is 4.21. The van der Waals surface area contributed by atoms with Gasteiger partial charge in [-0.1, -0.05) is 30.3 Å². The highest BCUT2D eigenvalue weighted by Gasteiger charge is 2.22. The van der Waals surface area contributed by atoms with Crippen molar-refractivity contribution < 1.29 is 18.4 Å². The zero-order valence-electron chi connectivity index (χ0n) is 16.9. The summed E-state index contributed by atoms with van der Waals surface area (Å²) in [7, 11) is 0. The molecule has 29 heavy (non-hydrogen) atoms. The lowest BCUT2D eigenvalue weighted by Gasteiger charge is -2.31. The Morgan fingerprint density at radius 1 is 1.00 bits per heavy atom. The van der Waals surface area contributed by atoms with Crippen molar-refractivity contribution >= 4 is 23.3 Å². The normalized spacial score (nSPS) is 12.2. The van der Waals surface area contributed by atoms with Crippen LogP contribution >= 0.6 is 0 Å². The van der Waals surface area contributed by atoms with Gasteiger partial charge < -0.3 is 21.3 Å². The quantitative estimate of drug-likeness (QED) is 0.559. The molecule has 2 rings (SSSR count). The van der Waals surface area contributed by atoms with E-state index in [1.807, 2.05) is 51.1 Å². The van der Waals surface area contributed by atoms with Crippen LogP contribution in [0.15, 0.2) is 42.5 Å². The number of hydrogen-bond acceptors (Lipinski definition) is 3. The van der Waals surface area contributed by atoms with Gasteiger partial charge in [-0.05, 0) is 32.4 Å². The molecule has 0 spiro atoms. The Bertz CT molecular complexity index is 872. The summed E-state index contributed by atoms with van der Waals surface area (Å²) in [5, 5.41) is 10.7. The van der Waals surface area contributed by atoms with E-state index in [2.05, 4.69) is 21.3 Å². The van der Waals surface area contributed by atoms with Crippen LogP contribution in [0.4, 0.5) is 25.0 Å². The first-order valence-corrected chi connectivity index (χ1v) is 9.21. The lowest BCUT2D eigenvalue weighted by atomic mass is 10.0. The van der Waals surface area contributed by atoms with Crippen molar-refractivity contribution in [1.29, 1.82) is 0 Å². The molecule has 4 N–H and O–H groups in total. The molecule has 156 valence electrons. The number of urea groups is 1. The van der Waals surface area contributed by atoms with Gasteiger partial charge in [0.15, 0.2) is 0 Å². The Morgan fingerprint density at radius 3 is 2.17 bits per heavy atom. The summed E-state index contributed by atoms with van der Waals surface area (Å²) in [6.07, 6.45) is 0. The molecule has 1 atom stereocenters. The van der Waals surface area contributed by atoms with Crippen LogP contribution in [0.1, 0.15) is 39.3 Å². The molecule has 0 saturated heterocycles. The molecule has 0 aromatic heterocycles. The van der Waals surface area contributed by atoms with Gasteiger partial charge in [-0.3, -0.25) is 4.79 Å². The molecule has 0 saturated carbocycles. The summed E-state index contributed by atoms with van der Waals surface area (Å²) in [5.41, 5.74) is 0.211. The predicted molar refractivity (Wildman–Crippen MR) is 110 cm³/mol. The average Bonchev–Trinajstić information content (AvgIpc) is 2.64. The summed E-state index contributed by atoms with van der Waals surface area (Å²) in [4.78, 5) is 23.3. The number of halogens is 2. The summed E-state index contributed by atoms with van der Waals surface area (Å²) in [5.74, 6) is -2.38. The largest absolute Gasteiger partial charge is 0.336 e. The van der Waals surface area contributed by atoms with E-state index in [0.29, 0.717) is 6.07 Å². The molecule has 0 bridgehead atoms. The molecular weight excluding hydrogens is 378 g/mol. The van der Waals surface area contributed by atoms with Crippen LogP contribution in [-0.4, -0.2) is 24.0 Å². The number of rotatable bonds is 7. The fraction of sp³-hybridized carbons (Fsp3) is 0.333. The van der Waals surface area contributed by atoms with Gasteiger partial charge in [0.25, 0.3) is 0 Å². The molecule has 6 nitrogen and oxygen atoms in total. The van der Waals surface area contributed by atoms with Gasteiger partial charge in [-0.2, -0.15) is 0 Å². The molecule has 3 amide bonds. The number of carbonyl (C=O) groups is 2. The minimum atomic E-state index is -0.943. The Balaban J connectivity index is 1.96. The van der Waals surface area contributed by atoms with E-state index in [9.17, 15) is 18.4 Å². The summed E-state index contributed by atoms with van der Waals surface area (Å²) in [6, 6.07) is 10.9. The van der Waals surface area contributed by atoms with Gasteiger partial charge in [0.2, 0.25) is 5.91 Å². The molecule has 8 heteroatoms. The minimum absolute atomic E-state index is 0.0609. The van der Waals surface area contributed by atoms with Crippen LogP contribution in [0, 0.1) is 11.6 Å². The van der Waals surface area contributed by atoms with Gasteiger partial charge in [0.1, 0.15) is 11.6 Å². The molecular formula is C21H26F2N4O2. The fourth-order valence-electron chi connectivity index (χ4n) is 2.86. The number of anilines is 2. The highest BCUT2D eigenvalue weighted by atomic mass is 19.1. The van der Waals surface area contributed by atoms with Crippen molar-refractivity contribution in [3.8, 4) is 0 Å². The smallest absolute Gasteiger partial charge is 0.319 e. The third-order valence-electron chi connectivity index (χ3n) is 4.21. The van der Waals surface area contributed by atoms with Crippen LogP contribution in [0.3, 0.4) is 0 Å². The highest BCUT2D eigenvalue weighted by Crippen LogP contribution is 2.23. The Morgan fingerprint density at radius 2 is 1.59 bits per heavy atom. The van der Waals surface area contributed by atoms with Crippen LogP contribution in [0.5, 0.6) is 0 Å². The lowest BCUT2D eigenvalue weighted by molar-refractivity contribution is -0.114. The molecule has 2 aromatic rings. The van der Waals surface area contributed by atoms with Gasteiger partial charge in [-0.25, -0.2) is 13.6 Å². The minimum Gasteiger partial charge on any atom is -0.336 e. The Kier molecular flexibility index (Phi) is 7.28. The molecule has 0 aliphatic carbocycles. The number of amides is 3. The molecule has 0 aliphatic rings. The molecule has 0 radical (unpaired) electrons.